The van der Waals surface area contributed by atoms with Crippen molar-refractivity contribution in [3.8, 4) is 0 Å². The fourth-order valence-electron chi connectivity index (χ4n) is 1.11. The first kappa shape index (κ1) is 9.46. The van der Waals surface area contributed by atoms with E-state index >= 15 is 0 Å². The summed E-state index contributed by atoms with van der Waals surface area (Å²) in [5.74, 6) is 0. The van der Waals surface area contributed by atoms with E-state index in [1.165, 1.54) is 5.56 Å². The molecule has 1 aromatic carbocycles. The monoisotopic (exact) mass is 226 g/mol. The van der Waals surface area contributed by atoms with Crippen molar-refractivity contribution in [1.29, 1.82) is 0 Å². The van der Waals surface area contributed by atoms with Crippen molar-refractivity contribution in [2.24, 2.45) is 0 Å². The van der Waals surface area contributed by atoms with Crippen molar-refractivity contribution < 1.29 is 4.79 Å². The number of aldehydes is 1. The zero-order valence-corrected chi connectivity index (χ0v) is 8.60. The molecule has 0 aromatic heterocycles. The van der Waals surface area contributed by atoms with E-state index in [0.29, 0.717) is 0 Å². The molecule has 0 radical (unpaired) electrons. The molecule has 0 saturated carbocycles. The van der Waals surface area contributed by atoms with Gasteiger partial charge in [0.15, 0.2) is 0 Å². The standard InChI is InChI=1S/C10H11BrO/c1-2-3-9-5-4-8(7-12)6-10(9)11/h4-7H,2-3H2,1H3. The smallest absolute Gasteiger partial charge is 0.150 e. The zero-order valence-electron chi connectivity index (χ0n) is 7.01. The number of carbonyl (C=O) groups excluding carboxylic acids is 1. The average molecular weight is 227 g/mol. The van der Waals surface area contributed by atoms with Crippen molar-refractivity contribution in [1.82, 2.24) is 0 Å². The van der Waals surface area contributed by atoms with Gasteiger partial charge in [-0.05, 0) is 18.1 Å². The number of rotatable bonds is 3. The third-order valence-corrected chi connectivity index (χ3v) is 2.47. The Morgan fingerprint density at radius 3 is 2.75 bits per heavy atom. The molecule has 12 heavy (non-hydrogen) atoms. The topological polar surface area (TPSA) is 17.1 Å². The van der Waals surface area contributed by atoms with Gasteiger partial charge in [-0.1, -0.05) is 41.4 Å². The Morgan fingerprint density at radius 1 is 1.50 bits per heavy atom. The summed E-state index contributed by atoms with van der Waals surface area (Å²) in [4.78, 5) is 10.4. The summed E-state index contributed by atoms with van der Waals surface area (Å²) in [6, 6.07) is 5.71. The fraction of sp³-hybridized carbons (Fsp3) is 0.300. The van der Waals surface area contributed by atoms with Crippen LogP contribution in [0.3, 0.4) is 0 Å². The molecule has 0 unspecified atom stereocenters. The van der Waals surface area contributed by atoms with Gasteiger partial charge in [0.05, 0.1) is 0 Å². The van der Waals surface area contributed by atoms with Gasteiger partial charge in [0, 0.05) is 10.0 Å². The van der Waals surface area contributed by atoms with E-state index < -0.39 is 0 Å². The van der Waals surface area contributed by atoms with E-state index in [9.17, 15) is 4.79 Å². The van der Waals surface area contributed by atoms with E-state index in [-0.39, 0.29) is 0 Å². The first-order valence-corrected chi connectivity index (χ1v) is 4.81. The molecular weight excluding hydrogens is 216 g/mol. The number of benzene rings is 1. The zero-order chi connectivity index (χ0) is 8.97. The maximum absolute atomic E-state index is 10.4. The molecule has 0 spiro atoms. The molecule has 0 aliphatic rings. The third kappa shape index (κ3) is 2.18. The number of hydrogen-bond donors (Lipinski definition) is 0. The van der Waals surface area contributed by atoms with Gasteiger partial charge in [-0.3, -0.25) is 4.79 Å². The van der Waals surface area contributed by atoms with Gasteiger partial charge >= 0.3 is 0 Å². The van der Waals surface area contributed by atoms with Crippen LogP contribution in [0.2, 0.25) is 0 Å². The van der Waals surface area contributed by atoms with Crippen LogP contribution in [0.25, 0.3) is 0 Å². The molecule has 0 amide bonds. The molecule has 0 saturated heterocycles. The second-order valence-electron chi connectivity index (χ2n) is 2.72. The third-order valence-electron chi connectivity index (χ3n) is 1.73. The number of halogens is 1. The van der Waals surface area contributed by atoms with Gasteiger partial charge < -0.3 is 0 Å². The molecule has 2 heteroatoms. The highest BCUT2D eigenvalue weighted by Gasteiger charge is 1.99. The molecule has 0 bridgehead atoms. The number of aryl methyl sites for hydroxylation is 1. The molecule has 1 nitrogen and oxygen atoms in total. The van der Waals surface area contributed by atoms with Crippen molar-refractivity contribution in [3.63, 3.8) is 0 Å². The van der Waals surface area contributed by atoms with Crippen LogP contribution >= 0.6 is 15.9 Å². The Balaban J connectivity index is 2.94. The van der Waals surface area contributed by atoms with Crippen LogP contribution in [0.5, 0.6) is 0 Å². The summed E-state index contributed by atoms with van der Waals surface area (Å²) in [7, 11) is 0. The SMILES string of the molecule is CCCc1ccc(C=O)cc1Br. The Kier molecular flexibility index (Phi) is 3.48. The maximum Gasteiger partial charge on any atom is 0.150 e. The minimum absolute atomic E-state index is 0.724. The highest BCUT2D eigenvalue weighted by molar-refractivity contribution is 9.10. The van der Waals surface area contributed by atoms with Crippen LogP contribution in [-0.4, -0.2) is 6.29 Å². The highest BCUT2D eigenvalue weighted by atomic mass is 79.9. The van der Waals surface area contributed by atoms with E-state index in [2.05, 4.69) is 22.9 Å². The van der Waals surface area contributed by atoms with Gasteiger partial charge in [0.1, 0.15) is 6.29 Å². The first-order valence-electron chi connectivity index (χ1n) is 4.01. The molecular formula is C10H11BrO. The van der Waals surface area contributed by atoms with E-state index in [0.717, 1.165) is 29.2 Å². The van der Waals surface area contributed by atoms with Crippen molar-refractivity contribution in [2.45, 2.75) is 19.8 Å². The molecule has 1 rings (SSSR count). The van der Waals surface area contributed by atoms with Crippen molar-refractivity contribution in [3.05, 3.63) is 33.8 Å². The molecule has 0 atom stereocenters. The van der Waals surface area contributed by atoms with Crippen LogP contribution in [0, 0.1) is 0 Å². The van der Waals surface area contributed by atoms with Crippen molar-refractivity contribution >= 4 is 22.2 Å². The van der Waals surface area contributed by atoms with Gasteiger partial charge in [-0.2, -0.15) is 0 Å². The van der Waals surface area contributed by atoms with Gasteiger partial charge in [-0.25, -0.2) is 0 Å². The lowest BCUT2D eigenvalue weighted by Crippen LogP contribution is -1.87. The summed E-state index contributed by atoms with van der Waals surface area (Å²) in [6.45, 7) is 2.14. The summed E-state index contributed by atoms with van der Waals surface area (Å²) in [5.41, 5.74) is 1.99. The Hall–Kier alpha value is -0.630. The van der Waals surface area contributed by atoms with Gasteiger partial charge in [0.2, 0.25) is 0 Å². The van der Waals surface area contributed by atoms with Crippen molar-refractivity contribution in [2.75, 3.05) is 0 Å². The molecule has 0 aliphatic carbocycles. The van der Waals surface area contributed by atoms with Gasteiger partial charge in [-0.15, -0.1) is 0 Å². The van der Waals surface area contributed by atoms with Crippen LogP contribution in [0.15, 0.2) is 22.7 Å². The number of carbonyl (C=O) groups is 1. The van der Waals surface area contributed by atoms with E-state index in [1.54, 1.807) is 0 Å². The molecule has 1 aromatic rings. The van der Waals surface area contributed by atoms with E-state index in [4.69, 9.17) is 0 Å². The normalized spacial score (nSPS) is 9.83. The first-order chi connectivity index (χ1) is 5.77. The largest absolute Gasteiger partial charge is 0.298 e. The van der Waals surface area contributed by atoms with Gasteiger partial charge in [0.25, 0.3) is 0 Å². The molecule has 0 fully saturated rings. The lowest BCUT2D eigenvalue weighted by atomic mass is 10.1. The summed E-state index contributed by atoms with van der Waals surface area (Å²) < 4.78 is 1.04. The highest BCUT2D eigenvalue weighted by Crippen LogP contribution is 2.19. The lowest BCUT2D eigenvalue weighted by molar-refractivity contribution is 0.112. The minimum Gasteiger partial charge on any atom is -0.298 e. The quantitative estimate of drug-likeness (QED) is 0.724. The average Bonchev–Trinajstić information content (AvgIpc) is 2.09. The predicted octanol–water partition coefficient (Wildman–Crippen LogP) is 3.21. The Morgan fingerprint density at radius 2 is 2.25 bits per heavy atom. The summed E-state index contributed by atoms with van der Waals surface area (Å²) in [6.07, 6.45) is 3.04. The molecule has 0 N–H and O–H groups in total. The summed E-state index contributed by atoms with van der Waals surface area (Å²) >= 11 is 3.43. The fourth-order valence-corrected chi connectivity index (χ4v) is 1.70. The molecule has 64 valence electrons. The maximum atomic E-state index is 10.4. The number of hydrogen-bond acceptors (Lipinski definition) is 1. The second-order valence-corrected chi connectivity index (χ2v) is 3.57. The second kappa shape index (κ2) is 4.41. The minimum atomic E-state index is 0.724. The lowest BCUT2D eigenvalue weighted by Gasteiger charge is -2.02. The van der Waals surface area contributed by atoms with E-state index in [1.807, 2.05) is 18.2 Å². The van der Waals surface area contributed by atoms with Crippen LogP contribution in [0.4, 0.5) is 0 Å². The molecule has 0 heterocycles. The molecule has 0 aliphatic heterocycles. The Bertz CT molecular complexity index is 281. The predicted molar refractivity (Wildman–Crippen MR) is 53.5 cm³/mol. The van der Waals surface area contributed by atoms with Crippen LogP contribution in [0.1, 0.15) is 29.3 Å². The Labute approximate surface area is 80.9 Å². The summed E-state index contributed by atoms with van der Waals surface area (Å²) in [5, 5.41) is 0. The van der Waals surface area contributed by atoms with Crippen LogP contribution < -0.4 is 0 Å². The van der Waals surface area contributed by atoms with Crippen LogP contribution in [-0.2, 0) is 6.42 Å².